The predicted molar refractivity (Wildman–Crippen MR) is 103 cm³/mol. The maximum atomic E-state index is 12.4. The summed E-state index contributed by atoms with van der Waals surface area (Å²) in [5.41, 5.74) is 4.61. The van der Waals surface area contributed by atoms with Crippen LogP contribution in [0.15, 0.2) is 60.8 Å². The summed E-state index contributed by atoms with van der Waals surface area (Å²) in [4.78, 5) is 12.4. The SMILES string of the molecule is N#Cc1ccccc1Cn1cccc1/C=C1\C(=O)Nc2ccc(Cl)cc21. The van der Waals surface area contributed by atoms with Gasteiger partial charge in [-0.3, -0.25) is 4.79 Å². The maximum Gasteiger partial charge on any atom is 0.256 e. The number of amides is 1. The number of hydrogen-bond acceptors (Lipinski definition) is 2. The molecule has 2 heterocycles. The van der Waals surface area contributed by atoms with Gasteiger partial charge in [0.05, 0.1) is 17.2 Å². The lowest BCUT2D eigenvalue weighted by atomic mass is 10.1. The molecule has 0 saturated carbocycles. The number of aromatic nitrogens is 1. The number of fused-ring (bicyclic) bond motifs is 1. The molecule has 0 saturated heterocycles. The van der Waals surface area contributed by atoms with Crippen molar-refractivity contribution in [1.29, 1.82) is 5.26 Å². The summed E-state index contributed by atoms with van der Waals surface area (Å²) >= 11 is 6.09. The number of halogens is 1. The lowest BCUT2D eigenvalue weighted by Crippen LogP contribution is -2.05. The van der Waals surface area contributed by atoms with Crippen molar-refractivity contribution < 1.29 is 4.79 Å². The highest BCUT2D eigenvalue weighted by Gasteiger charge is 2.24. The second-order valence-corrected chi connectivity index (χ2v) is 6.47. The van der Waals surface area contributed by atoms with Gasteiger partial charge in [0, 0.05) is 34.7 Å². The van der Waals surface area contributed by atoms with Gasteiger partial charge in [0.15, 0.2) is 0 Å². The van der Waals surface area contributed by atoms with Gasteiger partial charge < -0.3 is 9.88 Å². The van der Waals surface area contributed by atoms with Gasteiger partial charge in [-0.1, -0.05) is 29.8 Å². The molecule has 1 N–H and O–H groups in total. The van der Waals surface area contributed by atoms with Crippen molar-refractivity contribution in [2.45, 2.75) is 6.54 Å². The summed E-state index contributed by atoms with van der Waals surface area (Å²) in [6.45, 7) is 0.555. The quantitative estimate of drug-likeness (QED) is 0.697. The van der Waals surface area contributed by atoms with Crippen molar-refractivity contribution in [3.05, 3.63) is 88.2 Å². The fourth-order valence-corrected chi connectivity index (χ4v) is 3.28. The molecular formula is C21H14ClN3O. The third kappa shape index (κ3) is 2.90. The van der Waals surface area contributed by atoms with Crippen LogP contribution in [0.5, 0.6) is 0 Å². The second-order valence-electron chi connectivity index (χ2n) is 6.03. The molecule has 0 unspecified atom stereocenters. The molecule has 4 rings (SSSR count). The van der Waals surface area contributed by atoms with E-state index in [2.05, 4.69) is 11.4 Å². The van der Waals surface area contributed by atoms with E-state index >= 15 is 0 Å². The van der Waals surface area contributed by atoms with Crippen molar-refractivity contribution in [2.75, 3.05) is 5.32 Å². The lowest BCUT2D eigenvalue weighted by molar-refractivity contribution is -0.110. The Morgan fingerprint density at radius 2 is 2.00 bits per heavy atom. The van der Waals surface area contributed by atoms with Gasteiger partial charge in [0.1, 0.15) is 0 Å². The first-order valence-corrected chi connectivity index (χ1v) is 8.49. The van der Waals surface area contributed by atoms with E-state index in [1.165, 1.54) is 0 Å². The number of nitrogens with one attached hydrogen (secondary N) is 1. The van der Waals surface area contributed by atoms with Crippen molar-refractivity contribution in [3.63, 3.8) is 0 Å². The van der Waals surface area contributed by atoms with E-state index < -0.39 is 0 Å². The van der Waals surface area contributed by atoms with Gasteiger partial charge in [-0.2, -0.15) is 5.26 Å². The molecule has 0 spiro atoms. The highest BCUT2D eigenvalue weighted by atomic mass is 35.5. The summed E-state index contributed by atoms with van der Waals surface area (Å²) < 4.78 is 2.01. The number of carbonyl (C=O) groups is 1. The van der Waals surface area contributed by atoms with Gasteiger partial charge >= 0.3 is 0 Å². The zero-order valence-corrected chi connectivity index (χ0v) is 14.5. The van der Waals surface area contributed by atoms with E-state index in [-0.39, 0.29) is 5.91 Å². The third-order valence-electron chi connectivity index (χ3n) is 4.40. The molecule has 126 valence electrons. The molecule has 0 radical (unpaired) electrons. The monoisotopic (exact) mass is 359 g/mol. The molecule has 1 amide bonds. The van der Waals surface area contributed by atoms with Crippen molar-refractivity contribution in [1.82, 2.24) is 4.57 Å². The molecule has 5 heteroatoms. The molecule has 1 aromatic heterocycles. The first-order chi connectivity index (χ1) is 12.7. The minimum absolute atomic E-state index is 0.146. The Labute approximate surface area is 156 Å². The van der Waals surface area contributed by atoms with Crippen LogP contribution in [0, 0.1) is 11.3 Å². The zero-order valence-electron chi connectivity index (χ0n) is 13.7. The van der Waals surface area contributed by atoms with E-state index in [0.717, 1.165) is 22.5 Å². The van der Waals surface area contributed by atoms with Crippen LogP contribution in [0.1, 0.15) is 22.4 Å². The van der Waals surface area contributed by atoms with Crippen LogP contribution in [0.4, 0.5) is 5.69 Å². The first kappa shape index (κ1) is 16.2. The molecule has 26 heavy (non-hydrogen) atoms. The van der Waals surface area contributed by atoms with Crippen molar-refractivity contribution in [3.8, 4) is 6.07 Å². The number of rotatable bonds is 3. The number of nitriles is 1. The molecule has 1 aliphatic heterocycles. The Morgan fingerprint density at radius 3 is 2.85 bits per heavy atom. The van der Waals surface area contributed by atoms with Gasteiger partial charge in [-0.25, -0.2) is 0 Å². The summed E-state index contributed by atoms with van der Waals surface area (Å²) in [5.74, 6) is -0.146. The van der Waals surface area contributed by atoms with Crippen LogP contribution < -0.4 is 5.32 Å². The van der Waals surface area contributed by atoms with Crippen LogP contribution >= 0.6 is 11.6 Å². The fraction of sp³-hybridized carbons (Fsp3) is 0.0476. The Hall–Kier alpha value is -3.29. The van der Waals surface area contributed by atoms with Crippen LogP contribution in [-0.2, 0) is 11.3 Å². The average molecular weight is 360 g/mol. The molecule has 4 nitrogen and oxygen atoms in total. The third-order valence-corrected chi connectivity index (χ3v) is 4.64. The van der Waals surface area contributed by atoms with E-state index in [1.54, 1.807) is 24.3 Å². The molecule has 1 aliphatic rings. The number of carbonyl (C=O) groups excluding carboxylic acids is 1. The largest absolute Gasteiger partial charge is 0.343 e. The average Bonchev–Trinajstić information content (AvgIpc) is 3.20. The number of anilines is 1. The molecule has 0 atom stereocenters. The summed E-state index contributed by atoms with van der Waals surface area (Å²) in [7, 11) is 0. The van der Waals surface area contributed by atoms with Crippen LogP contribution in [0.3, 0.4) is 0 Å². The van der Waals surface area contributed by atoms with Crippen molar-refractivity contribution >= 4 is 34.8 Å². The molecular weight excluding hydrogens is 346 g/mol. The minimum Gasteiger partial charge on any atom is -0.343 e. The molecule has 0 aliphatic carbocycles. The van der Waals surface area contributed by atoms with E-state index in [4.69, 9.17) is 11.6 Å². The Bertz CT molecular complexity index is 1090. The molecule has 3 aromatic rings. The summed E-state index contributed by atoms with van der Waals surface area (Å²) in [5, 5.41) is 12.7. The van der Waals surface area contributed by atoms with Gasteiger partial charge in [0.25, 0.3) is 5.91 Å². The number of benzene rings is 2. The van der Waals surface area contributed by atoms with Gasteiger partial charge in [0.2, 0.25) is 0 Å². The second kappa shape index (κ2) is 6.55. The smallest absolute Gasteiger partial charge is 0.256 e. The van der Waals surface area contributed by atoms with Crippen LogP contribution in [0.2, 0.25) is 5.02 Å². The maximum absolute atomic E-state index is 12.4. The van der Waals surface area contributed by atoms with Crippen molar-refractivity contribution in [2.24, 2.45) is 0 Å². The first-order valence-electron chi connectivity index (χ1n) is 8.12. The highest BCUT2D eigenvalue weighted by molar-refractivity contribution is 6.36. The van der Waals surface area contributed by atoms with Crippen LogP contribution in [-0.4, -0.2) is 10.5 Å². The normalized spacial score (nSPS) is 14.2. The standard InChI is InChI=1S/C21H14ClN3O/c22-16-7-8-20-18(10-16)19(21(26)24-20)11-17-6-3-9-25(17)13-15-5-2-1-4-14(15)12-23/h1-11H,13H2,(H,24,26)/b19-11-. The molecule has 0 bridgehead atoms. The number of hydrogen-bond donors (Lipinski definition) is 1. The zero-order chi connectivity index (χ0) is 18.1. The van der Waals surface area contributed by atoms with E-state index in [1.807, 2.05) is 47.2 Å². The summed E-state index contributed by atoms with van der Waals surface area (Å²) in [6.07, 6.45) is 3.79. The summed E-state index contributed by atoms with van der Waals surface area (Å²) in [6, 6.07) is 18.9. The molecule has 0 fully saturated rings. The Kier molecular flexibility index (Phi) is 4.08. The molecule has 2 aromatic carbocycles. The Morgan fingerprint density at radius 1 is 1.15 bits per heavy atom. The van der Waals surface area contributed by atoms with Crippen LogP contribution in [0.25, 0.3) is 11.6 Å². The predicted octanol–water partition coefficient (Wildman–Crippen LogP) is 4.55. The highest BCUT2D eigenvalue weighted by Crippen LogP contribution is 2.35. The minimum atomic E-state index is -0.146. The van der Waals surface area contributed by atoms with E-state index in [9.17, 15) is 10.1 Å². The fourth-order valence-electron chi connectivity index (χ4n) is 3.10. The van der Waals surface area contributed by atoms with E-state index in [0.29, 0.717) is 22.7 Å². The Balaban J connectivity index is 1.73. The number of nitrogens with zero attached hydrogens (tertiary/aromatic N) is 2. The topological polar surface area (TPSA) is 57.8 Å². The van der Waals surface area contributed by atoms with Gasteiger partial charge in [-0.15, -0.1) is 0 Å². The lowest BCUT2D eigenvalue weighted by Gasteiger charge is -2.09. The van der Waals surface area contributed by atoms with Gasteiger partial charge in [-0.05, 0) is 48.0 Å².